The highest BCUT2D eigenvalue weighted by molar-refractivity contribution is 9.10. The molecule has 2 aromatic carbocycles. The van der Waals surface area contributed by atoms with Gasteiger partial charge in [-0.1, -0.05) is 56.1 Å². The van der Waals surface area contributed by atoms with Crippen LogP contribution in [0.15, 0.2) is 57.5 Å². The lowest BCUT2D eigenvalue weighted by Crippen LogP contribution is -2.36. The molecule has 2 aromatic rings. The second kappa shape index (κ2) is 8.20. The molecule has 0 atom stereocenters. The second-order valence-corrected chi connectivity index (χ2v) is 6.45. The Kier molecular flexibility index (Phi) is 6.26. The van der Waals surface area contributed by atoms with Crippen LogP contribution in [0.25, 0.3) is 0 Å². The highest BCUT2D eigenvalue weighted by Gasteiger charge is 2.01. The molecule has 0 saturated heterocycles. The maximum absolute atomic E-state index is 11.7. The minimum Gasteiger partial charge on any atom is -0.338 e. The third-order valence-corrected chi connectivity index (χ3v) is 3.98. The number of nitrogens with one attached hydrogen (secondary N) is 2. The molecule has 3 nitrogen and oxygen atoms in total. The Balaban J connectivity index is 1.69. The summed E-state index contributed by atoms with van der Waals surface area (Å²) in [5.41, 5.74) is 2.26. The summed E-state index contributed by atoms with van der Waals surface area (Å²) in [5, 5.41) is 5.70. The van der Waals surface area contributed by atoms with Crippen LogP contribution in [0.2, 0.25) is 0 Å². The Bertz CT molecular complexity index is 599. The summed E-state index contributed by atoms with van der Waals surface area (Å²) in [6, 6.07) is 15.8. The minimum atomic E-state index is -0.145. The Labute approximate surface area is 141 Å². The molecule has 0 spiro atoms. The molecule has 0 unspecified atom stereocenters. The molecule has 0 aliphatic heterocycles. The van der Waals surface area contributed by atoms with Crippen LogP contribution in [-0.2, 0) is 13.0 Å². The van der Waals surface area contributed by atoms with Crippen molar-refractivity contribution >= 4 is 37.9 Å². The molecule has 0 aromatic heterocycles. The number of benzene rings is 2. The van der Waals surface area contributed by atoms with Crippen LogP contribution >= 0.6 is 31.9 Å². The van der Waals surface area contributed by atoms with Gasteiger partial charge in [0.15, 0.2) is 0 Å². The average molecular weight is 412 g/mol. The summed E-state index contributed by atoms with van der Waals surface area (Å²) in [6.45, 7) is 1.14. The summed E-state index contributed by atoms with van der Waals surface area (Å²) in [5.74, 6) is 0. The van der Waals surface area contributed by atoms with E-state index in [2.05, 4.69) is 48.6 Å². The first-order valence-electron chi connectivity index (χ1n) is 6.64. The van der Waals surface area contributed by atoms with E-state index in [1.165, 1.54) is 5.56 Å². The quantitative estimate of drug-likeness (QED) is 0.758. The summed E-state index contributed by atoms with van der Waals surface area (Å²) < 4.78 is 2.09. The molecule has 2 N–H and O–H groups in total. The number of carbonyl (C=O) groups excluding carboxylic acids is 1. The van der Waals surface area contributed by atoms with E-state index in [-0.39, 0.29) is 6.03 Å². The van der Waals surface area contributed by atoms with E-state index in [1.54, 1.807) is 0 Å². The fourth-order valence-corrected chi connectivity index (χ4v) is 2.57. The third-order valence-electron chi connectivity index (χ3n) is 2.95. The molecule has 21 heavy (non-hydrogen) atoms. The molecule has 0 fully saturated rings. The van der Waals surface area contributed by atoms with Crippen molar-refractivity contribution in [2.45, 2.75) is 13.0 Å². The molecule has 2 amide bonds. The topological polar surface area (TPSA) is 41.1 Å². The van der Waals surface area contributed by atoms with Crippen LogP contribution in [0.5, 0.6) is 0 Å². The Hall–Kier alpha value is -1.33. The highest BCUT2D eigenvalue weighted by atomic mass is 79.9. The largest absolute Gasteiger partial charge is 0.338 e. The van der Waals surface area contributed by atoms with E-state index in [9.17, 15) is 4.79 Å². The van der Waals surface area contributed by atoms with Crippen molar-refractivity contribution < 1.29 is 4.79 Å². The summed E-state index contributed by atoms with van der Waals surface area (Å²) >= 11 is 6.82. The van der Waals surface area contributed by atoms with Crippen LogP contribution in [-0.4, -0.2) is 12.6 Å². The van der Waals surface area contributed by atoms with Crippen molar-refractivity contribution in [3.8, 4) is 0 Å². The van der Waals surface area contributed by atoms with Gasteiger partial charge in [-0.3, -0.25) is 0 Å². The first-order chi connectivity index (χ1) is 10.1. The van der Waals surface area contributed by atoms with Crippen molar-refractivity contribution in [2.24, 2.45) is 0 Å². The highest BCUT2D eigenvalue weighted by Crippen LogP contribution is 2.12. The fraction of sp³-hybridized carbons (Fsp3) is 0.188. The third kappa shape index (κ3) is 5.89. The van der Waals surface area contributed by atoms with Gasteiger partial charge >= 0.3 is 6.03 Å². The summed E-state index contributed by atoms with van der Waals surface area (Å²) in [7, 11) is 0. The van der Waals surface area contributed by atoms with Crippen molar-refractivity contribution in [1.82, 2.24) is 10.6 Å². The molecule has 0 aliphatic carbocycles. The number of halogens is 2. The lowest BCUT2D eigenvalue weighted by molar-refractivity contribution is 0.240. The number of hydrogen-bond donors (Lipinski definition) is 2. The van der Waals surface area contributed by atoms with Gasteiger partial charge in [-0.25, -0.2) is 4.79 Å². The predicted molar refractivity (Wildman–Crippen MR) is 92.2 cm³/mol. The molecular formula is C16H16Br2N2O. The molecular weight excluding hydrogens is 396 g/mol. The zero-order chi connectivity index (χ0) is 15.1. The van der Waals surface area contributed by atoms with Crippen molar-refractivity contribution in [1.29, 1.82) is 0 Å². The standard InChI is InChI=1S/C16H16Br2N2O/c17-14-6-4-13(5-7-14)11-20-16(21)19-9-8-12-2-1-3-15(18)10-12/h1-7,10H,8-9,11H2,(H2,19,20,21). The van der Waals surface area contributed by atoms with Crippen LogP contribution in [0, 0.1) is 0 Å². The fourth-order valence-electron chi connectivity index (χ4n) is 1.86. The van der Waals surface area contributed by atoms with Gasteiger partial charge in [0.1, 0.15) is 0 Å². The normalized spacial score (nSPS) is 10.2. The van der Waals surface area contributed by atoms with Crippen LogP contribution < -0.4 is 10.6 Å². The van der Waals surface area contributed by atoms with Crippen molar-refractivity contribution in [3.63, 3.8) is 0 Å². The maximum Gasteiger partial charge on any atom is 0.315 e. The lowest BCUT2D eigenvalue weighted by atomic mass is 10.1. The van der Waals surface area contributed by atoms with Gasteiger partial charge in [0.25, 0.3) is 0 Å². The summed E-state index contributed by atoms with van der Waals surface area (Å²) in [4.78, 5) is 11.7. The van der Waals surface area contributed by atoms with Crippen molar-refractivity contribution in [3.05, 3.63) is 68.6 Å². The van der Waals surface area contributed by atoms with E-state index in [1.807, 2.05) is 42.5 Å². The van der Waals surface area contributed by atoms with Gasteiger partial charge in [-0.2, -0.15) is 0 Å². The monoisotopic (exact) mass is 410 g/mol. The van der Waals surface area contributed by atoms with Crippen molar-refractivity contribution in [2.75, 3.05) is 6.54 Å². The molecule has 0 aliphatic rings. The van der Waals surface area contributed by atoms with E-state index < -0.39 is 0 Å². The van der Waals surface area contributed by atoms with Gasteiger partial charge in [0.2, 0.25) is 0 Å². The molecule has 0 heterocycles. The average Bonchev–Trinajstić information content (AvgIpc) is 2.47. The molecule has 110 valence electrons. The molecule has 0 radical (unpaired) electrons. The van der Waals surface area contributed by atoms with Gasteiger partial charge in [-0.05, 0) is 41.8 Å². The summed E-state index contributed by atoms with van der Waals surface area (Å²) in [6.07, 6.45) is 0.811. The minimum absolute atomic E-state index is 0.145. The molecule has 0 saturated carbocycles. The van der Waals surface area contributed by atoms with Crippen LogP contribution in [0.4, 0.5) is 4.79 Å². The smallest absolute Gasteiger partial charge is 0.315 e. The zero-order valence-electron chi connectivity index (χ0n) is 11.4. The van der Waals surface area contributed by atoms with Gasteiger partial charge in [0, 0.05) is 22.0 Å². The number of amides is 2. The first kappa shape index (κ1) is 16.0. The molecule has 0 bridgehead atoms. The van der Waals surface area contributed by atoms with Gasteiger partial charge in [-0.15, -0.1) is 0 Å². The van der Waals surface area contributed by atoms with E-state index in [4.69, 9.17) is 0 Å². The Morgan fingerprint density at radius 3 is 2.38 bits per heavy atom. The maximum atomic E-state index is 11.7. The molecule has 2 rings (SSSR count). The second-order valence-electron chi connectivity index (χ2n) is 4.62. The number of urea groups is 1. The zero-order valence-corrected chi connectivity index (χ0v) is 14.6. The number of hydrogen-bond acceptors (Lipinski definition) is 1. The number of carbonyl (C=O) groups is 1. The Morgan fingerprint density at radius 2 is 1.67 bits per heavy atom. The number of rotatable bonds is 5. The lowest BCUT2D eigenvalue weighted by Gasteiger charge is -2.08. The van der Waals surface area contributed by atoms with E-state index in [0.717, 1.165) is 20.9 Å². The van der Waals surface area contributed by atoms with E-state index >= 15 is 0 Å². The van der Waals surface area contributed by atoms with Crippen LogP contribution in [0.3, 0.4) is 0 Å². The van der Waals surface area contributed by atoms with Gasteiger partial charge in [0.05, 0.1) is 0 Å². The van der Waals surface area contributed by atoms with E-state index in [0.29, 0.717) is 13.1 Å². The molecule has 5 heteroatoms. The SMILES string of the molecule is O=C(NCCc1cccc(Br)c1)NCc1ccc(Br)cc1. The van der Waals surface area contributed by atoms with Crippen LogP contribution in [0.1, 0.15) is 11.1 Å². The first-order valence-corrected chi connectivity index (χ1v) is 8.23. The predicted octanol–water partition coefficient (Wildman–Crippen LogP) is 4.25. The van der Waals surface area contributed by atoms with Gasteiger partial charge < -0.3 is 10.6 Å². The Morgan fingerprint density at radius 1 is 0.905 bits per heavy atom.